The molecule has 2 aromatic rings. The number of nitrogens with two attached hydrogens (primary N) is 1. The number of aromatic nitrogens is 1. The van der Waals surface area contributed by atoms with E-state index in [1.807, 2.05) is 12.1 Å². The van der Waals surface area contributed by atoms with E-state index in [0.29, 0.717) is 11.3 Å². The number of nitrogens with one attached hydrogen (secondary N) is 1. The second kappa shape index (κ2) is 4.10. The van der Waals surface area contributed by atoms with E-state index in [0.717, 1.165) is 11.3 Å². The molecule has 1 atom stereocenters. The molecule has 0 unspecified atom stereocenters. The summed E-state index contributed by atoms with van der Waals surface area (Å²) in [5, 5.41) is 18.8. The van der Waals surface area contributed by atoms with Crippen LogP contribution in [0.4, 0.5) is 0 Å². The zero-order valence-electron chi connectivity index (χ0n) is 9.92. The summed E-state index contributed by atoms with van der Waals surface area (Å²) in [6, 6.07) is 10.6. The lowest BCUT2D eigenvalue weighted by Gasteiger charge is -2.25. The van der Waals surface area contributed by atoms with E-state index in [1.54, 1.807) is 18.3 Å². The fraction of sp³-hybridized carbons (Fsp3) is 0.0714. The molecular formula is C14H11N3O2. The SMILES string of the molecule is N#CC1=C(N)Oc2cc(O)ccc2[C@@H]1c1ccc[nH]1. The second-order valence-corrected chi connectivity index (χ2v) is 4.27. The van der Waals surface area contributed by atoms with Crippen molar-refractivity contribution in [1.82, 2.24) is 4.98 Å². The maximum Gasteiger partial charge on any atom is 0.205 e. The number of ether oxygens (including phenoxy) is 1. The number of nitriles is 1. The predicted octanol–water partition coefficient (Wildman–Crippen LogP) is 1.94. The molecule has 5 nitrogen and oxygen atoms in total. The molecule has 4 N–H and O–H groups in total. The number of phenols is 1. The first-order valence-electron chi connectivity index (χ1n) is 5.74. The fourth-order valence-corrected chi connectivity index (χ4v) is 2.29. The largest absolute Gasteiger partial charge is 0.508 e. The molecule has 0 amide bonds. The van der Waals surface area contributed by atoms with Crippen LogP contribution in [0.3, 0.4) is 0 Å². The minimum atomic E-state index is -0.302. The number of aromatic hydroxyl groups is 1. The highest BCUT2D eigenvalue weighted by Gasteiger charge is 2.31. The Bertz CT molecular complexity index is 696. The second-order valence-electron chi connectivity index (χ2n) is 4.27. The van der Waals surface area contributed by atoms with E-state index >= 15 is 0 Å². The number of benzene rings is 1. The van der Waals surface area contributed by atoms with Crippen molar-refractivity contribution in [2.24, 2.45) is 5.73 Å². The van der Waals surface area contributed by atoms with Gasteiger partial charge in [0.1, 0.15) is 23.1 Å². The number of aromatic amines is 1. The number of H-pyrrole nitrogens is 1. The molecule has 0 aliphatic carbocycles. The average molecular weight is 253 g/mol. The van der Waals surface area contributed by atoms with Crippen LogP contribution in [0.5, 0.6) is 11.5 Å². The fourth-order valence-electron chi connectivity index (χ4n) is 2.29. The third-order valence-electron chi connectivity index (χ3n) is 3.14. The number of allylic oxidation sites excluding steroid dienone is 1. The van der Waals surface area contributed by atoms with Crippen molar-refractivity contribution in [2.75, 3.05) is 0 Å². The Balaban J connectivity index is 2.23. The highest BCUT2D eigenvalue weighted by Crippen LogP contribution is 2.42. The number of hydrogen-bond donors (Lipinski definition) is 3. The van der Waals surface area contributed by atoms with Gasteiger partial charge >= 0.3 is 0 Å². The third kappa shape index (κ3) is 1.70. The molecule has 0 saturated carbocycles. The van der Waals surface area contributed by atoms with Gasteiger partial charge in [0.05, 0.1) is 5.92 Å². The normalized spacial score (nSPS) is 17.5. The molecule has 0 fully saturated rings. The predicted molar refractivity (Wildman–Crippen MR) is 68.2 cm³/mol. The van der Waals surface area contributed by atoms with Gasteiger partial charge in [-0.2, -0.15) is 5.26 Å². The van der Waals surface area contributed by atoms with Crippen LogP contribution in [0.15, 0.2) is 48.0 Å². The van der Waals surface area contributed by atoms with E-state index in [1.165, 1.54) is 6.07 Å². The van der Waals surface area contributed by atoms with Gasteiger partial charge in [-0.3, -0.25) is 0 Å². The van der Waals surface area contributed by atoms with Crippen molar-refractivity contribution in [3.8, 4) is 17.6 Å². The van der Waals surface area contributed by atoms with Crippen molar-refractivity contribution in [3.63, 3.8) is 0 Å². The van der Waals surface area contributed by atoms with Crippen LogP contribution >= 0.6 is 0 Å². The summed E-state index contributed by atoms with van der Waals surface area (Å²) >= 11 is 0. The molecule has 19 heavy (non-hydrogen) atoms. The Hall–Kier alpha value is -2.87. The number of nitrogens with zero attached hydrogens (tertiary/aromatic N) is 1. The maximum atomic E-state index is 9.50. The van der Waals surface area contributed by atoms with E-state index in [4.69, 9.17) is 10.5 Å². The van der Waals surface area contributed by atoms with Crippen LogP contribution < -0.4 is 10.5 Å². The number of rotatable bonds is 1. The summed E-state index contributed by atoms with van der Waals surface area (Å²) in [7, 11) is 0. The minimum absolute atomic E-state index is 0.0696. The summed E-state index contributed by atoms with van der Waals surface area (Å²) in [5.74, 6) is 0.331. The smallest absolute Gasteiger partial charge is 0.205 e. The molecule has 0 bridgehead atoms. The highest BCUT2D eigenvalue weighted by molar-refractivity contribution is 5.55. The van der Waals surface area contributed by atoms with Gasteiger partial charge in [-0.05, 0) is 18.2 Å². The lowest BCUT2D eigenvalue weighted by Crippen LogP contribution is -2.21. The van der Waals surface area contributed by atoms with Gasteiger partial charge in [0.15, 0.2) is 0 Å². The van der Waals surface area contributed by atoms with Gasteiger partial charge in [-0.1, -0.05) is 6.07 Å². The quantitative estimate of drug-likeness (QED) is 0.723. The van der Waals surface area contributed by atoms with Crippen LogP contribution in [-0.2, 0) is 0 Å². The van der Waals surface area contributed by atoms with Crippen molar-refractivity contribution >= 4 is 0 Å². The summed E-state index contributed by atoms with van der Waals surface area (Å²) in [4.78, 5) is 3.09. The average Bonchev–Trinajstić information content (AvgIpc) is 2.90. The molecule has 1 aromatic heterocycles. The zero-order valence-corrected chi connectivity index (χ0v) is 9.92. The van der Waals surface area contributed by atoms with Crippen LogP contribution in [0.1, 0.15) is 17.2 Å². The Morgan fingerprint density at radius 2 is 2.21 bits per heavy atom. The maximum absolute atomic E-state index is 9.50. The van der Waals surface area contributed by atoms with Crippen molar-refractivity contribution in [2.45, 2.75) is 5.92 Å². The van der Waals surface area contributed by atoms with E-state index < -0.39 is 0 Å². The lowest BCUT2D eigenvalue weighted by atomic mass is 9.87. The number of fused-ring (bicyclic) bond motifs is 1. The van der Waals surface area contributed by atoms with Gasteiger partial charge in [0, 0.05) is 23.5 Å². The Morgan fingerprint density at radius 3 is 2.89 bits per heavy atom. The summed E-state index contributed by atoms with van der Waals surface area (Å²) in [6.07, 6.45) is 1.79. The van der Waals surface area contributed by atoms with Gasteiger partial charge in [-0.25, -0.2) is 0 Å². The minimum Gasteiger partial charge on any atom is -0.508 e. The number of hydrogen-bond acceptors (Lipinski definition) is 4. The standard InChI is InChI=1S/C14H11N3O2/c15-7-10-13(11-2-1-5-17-11)9-4-3-8(18)6-12(9)19-14(10)16/h1-6,13,17-18H,16H2/t13-/m0/s1. The molecule has 0 saturated heterocycles. The van der Waals surface area contributed by atoms with Crippen LogP contribution in [-0.4, -0.2) is 10.1 Å². The first-order chi connectivity index (χ1) is 9.20. The van der Waals surface area contributed by atoms with Crippen molar-refractivity contribution < 1.29 is 9.84 Å². The monoisotopic (exact) mass is 253 g/mol. The molecule has 3 rings (SSSR count). The van der Waals surface area contributed by atoms with Crippen LogP contribution in [0, 0.1) is 11.3 Å². The molecule has 2 heterocycles. The zero-order chi connectivity index (χ0) is 13.4. The molecule has 0 spiro atoms. The van der Waals surface area contributed by atoms with Gasteiger partial charge < -0.3 is 20.6 Å². The van der Waals surface area contributed by atoms with Gasteiger partial charge in [-0.15, -0.1) is 0 Å². The van der Waals surface area contributed by atoms with Crippen LogP contribution in [0.25, 0.3) is 0 Å². The van der Waals surface area contributed by atoms with E-state index in [9.17, 15) is 10.4 Å². The van der Waals surface area contributed by atoms with Gasteiger partial charge in [0.2, 0.25) is 5.88 Å². The first-order valence-corrected chi connectivity index (χ1v) is 5.74. The molecule has 0 radical (unpaired) electrons. The Kier molecular flexibility index (Phi) is 2.43. The molecule has 1 aliphatic rings. The van der Waals surface area contributed by atoms with Crippen molar-refractivity contribution in [1.29, 1.82) is 5.26 Å². The summed E-state index contributed by atoms with van der Waals surface area (Å²) in [6.45, 7) is 0. The lowest BCUT2D eigenvalue weighted by molar-refractivity contribution is 0.387. The Labute approximate surface area is 109 Å². The molecule has 5 heteroatoms. The first kappa shape index (κ1) is 11.2. The number of phenolic OH excluding ortho intramolecular Hbond substituents is 1. The van der Waals surface area contributed by atoms with E-state index in [-0.39, 0.29) is 17.6 Å². The van der Waals surface area contributed by atoms with Crippen LogP contribution in [0.2, 0.25) is 0 Å². The molecule has 94 valence electrons. The Morgan fingerprint density at radius 1 is 1.37 bits per heavy atom. The highest BCUT2D eigenvalue weighted by atomic mass is 16.5. The summed E-state index contributed by atoms with van der Waals surface area (Å²) < 4.78 is 5.41. The van der Waals surface area contributed by atoms with E-state index in [2.05, 4.69) is 11.1 Å². The topological polar surface area (TPSA) is 95.1 Å². The molecule has 1 aliphatic heterocycles. The van der Waals surface area contributed by atoms with Gasteiger partial charge in [0.25, 0.3) is 0 Å². The third-order valence-corrected chi connectivity index (χ3v) is 3.14. The molecule has 1 aromatic carbocycles. The van der Waals surface area contributed by atoms with Crippen molar-refractivity contribution in [3.05, 3.63) is 59.2 Å². The summed E-state index contributed by atoms with van der Waals surface area (Å²) in [5.41, 5.74) is 7.81. The molecular weight excluding hydrogens is 242 g/mol.